The van der Waals surface area contributed by atoms with Gasteiger partial charge in [0.25, 0.3) is 0 Å². The zero-order chi connectivity index (χ0) is 8.53. The fraction of sp³-hybridized carbons (Fsp3) is 1.00. The average molecular weight is 192 g/mol. The van der Waals surface area contributed by atoms with Crippen LogP contribution in [-0.2, 0) is 9.47 Å². The molecule has 0 N–H and O–H groups in total. The van der Waals surface area contributed by atoms with E-state index in [1.165, 1.54) is 0 Å². The largest absolute Gasteiger partial charge is 0.357 e. The van der Waals surface area contributed by atoms with Crippen molar-refractivity contribution in [2.75, 3.05) is 19.0 Å². The molecule has 0 aromatic rings. The molecule has 0 amide bonds. The summed E-state index contributed by atoms with van der Waals surface area (Å²) in [7, 11) is 0.716. The molecule has 0 aliphatic heterocycles. The molecule has 0 heterocycles. The SMILES string of the molecule is CCOC(OCC)[Si]CCS. The van der Waals surface area contributed by atoms with Crippen LogP contribution in [0.5, 0.6) is 0 Å². The summed E-state index contributed by atoms with van der Waals surface area (Å²) < 4.78 is 10.7. The van der Waals surface area contributed by atoms with Crippen LogP contribution in [0.4, 0.5) is 0 Å². The van der Waals surface area contributed by atoms with E-state index in [0.717, 1.165) is 25.0 Å². The predicted octanol–water partition coefficient (Wildman–Crippen LogP) is 1.40. The summed E-state index contributed by atoms with van der Waals surface area (Å²) in [5.41, 5.74) is 0. The maximum atomic E-state index is 5.34. The normalized spacial score (nSPS) is 10.9. The summed E-state index contributed by atoms with van der Waals surface area (Å²) in [5, 5.41) is 0. The van der Waals surface area contributed by atoms with Gasteiger partial charge in [-0.05, 0) is 25.6 Å². The Labute approximate surface area is 76.9 Å². The molecule has 0 rings (SSSR count). The number of ether oxygens (including phenoxy) is 2. The Hall–Kier alpha value is 0.487. The molecule has 0 saturated heterocycles. The van der Waals surface area contributed by atoms with Gasteiger partial charge in [-0.3, -0.25) is 0 Å². The van der Waals surface area contributed by atoms with E-state index in [-0.39, 0.29) is 5.91 Å². The van der Waals surface area contributed by atoms with Crippen molar-refractivity contribution in [2.45, 2.75) is 25.8 Å². The van der Waals surface area contributed by atoms with Crippen LogP contribution in [0.1, 0.15) is 13.8 Å². The number of hydrogen-bond donors (Lipinski definition) is 1. The summed E-state index contributed by atoms with van der Waals surface area (Å²) in [6.07, 6.45) is 0. The minimum absolute atomic E-state index is 0.0112. The average Bonchev–Trinajstić information content (AvgIpc) is 2.01. The van der Waals surface area contributed by atoms with Crippen molar-refractivity contribution >= 4 is 22.1 Å². The van der Waals surface area contributed by atoms with Gasteiger partial charge in [0, 0.05) is 13.2 Å². The van der Waals surface area contributed by atoms with Gasteiger partial charge in [-0.1, -0.05) is 0 Å². The van der Waals surface area contributed by atoms with E-state index in [1.54, 1.807) is 0 Å². The summed E-state index contributed by atoms with van der Waals surface area (Å²) in [5.74, 6) is 0.923. The lowest BCUT2D eigenvalue weighted by molar-refractivity contribution is -0.0826. The molecule has 4 heteroatoms. The third-order valence-corrected chi connectivity index (χ3v) is 2.91. The molecule has 66 valence electrons. The third-order valence-electron chi connectivity index (χ3n) is 1.06. The van der Waals surface area contributed by atoms with Gasteiger partial charge in [0.15, 0.2) is 0 Å². The van der Waals surface area contributed by atoms with Crippen molar-refractivity contribution in [3.8, 4) is 0 Å². The predicted molar refractivity (Wildman–Crippen MR) is 51.5 cm³/mol. The first-order valence-corrected chi connectivity index (χ1v) is 5.84. The molecular formula is C7H16O2SSi. The van der Waals surface area contributed by atoms with Crippen LogP contribution in [0, 0.1) is 0 Å². The Balaban J connectivity index is 3.34. The summed E-state index contributed by atoms with van der Waals surface area (Å²) >= 11 is 4.13. The third kappa shape index (κ3) is 6.87. The van der Waals surface area contributed by atoms with Crippen LogP contribution >= 0.6 is 12.6 Å². The molecule has 0 spiro atoms. The number of thiol groups is 1. The molecule has 0 unspecified atom stereocenters. The van der Waals surface area contributed by atoms with E-state index in [4.69, 9.17) is 9.47 Å². The quantitative estimate of drug-likeness (QED) is 0.373. The van der Waals surface area contributed by atoms with Crippen LogP contribution in [-0.4, -0.2) is 34.4 Å². The summed E-state index contributed by atoms with van der Waals surface area (Å²) in [4.78, 5) is 0. The van der Waals surface area contributed by atoms with Gasteiger partial charge in [0.1, 0.15) is 15.4 Å². The highest BCUT2D eigenvalue weighted by molar-refractivity contribution is 7.80. The first kappa shape index (κ1) is 11.5. The zero-order valence-electron chi connectivity index (χ0n) is 7.17. The molecule has 0 atom stereocenters. The maximum Gasteiger partial charge on any atom is 0.137 e. The highest BCUT2D eigenvalue weighted by atomic mass is 32.1. The van der Waals surface area contributed by atoms with Gasteiger partial charge in [-0.25, -0.2) is 0 Å². The molecule has 0 fully saturated rings. The standard InChI is InChI=1S/C7H16O2SSi/c1-3-8-7(9-4-2)11-6-5-10/h7,10H,3-6H2,1-2H3. The van der Waals surface area contributed by atoms with Gasteiger partial charge in [-0.2, -0.15) is 12.6 Å². The van der Waals surface area contributed by atoms with Crippen LogP contribution in [0.2, 0.25) is 6.04 Å². The van der Waals surface area contributed by atoms with Crippen LogP contribution in [0.3, 0.4) is 0 Å². The highest BCUT2D eigenvalue weighted by Gasteiger charge is 2.06. The minimum Gasteiger partial charge on any atom is -0.357 e. The Kier molecular flexibility index (Phi) is 8.96. The van der Waals surface area contributed by atoms with E-state index in [1.807, 2.05) is 13.8 Å². The van der Waals surface area contributed by atoms with E-state index in [0.29, 0.717) is 9.52 Å². The molecule has 0 saturated carbocycles. The van der Waals surface area contributed by atoms with Gasteiger partial charge in [0.2, 0.25) is 0 Å². The Morgan fingerprint density at radius 2 is 1.82 bits per heavy atom. The number of rotatable bonds is 7. The zero-order valence-corrected chi connectivity index (χ0v) is 9.06. The molecule has 2 radical (unpaired) electrons. The first-order chi connectivity index (χ1) is 5.35. The van der Waals surface area contributed by atoms with E-state index >= 15 is 0 Å². The van der Waals surface area contributed by atoms with Gasteiger partial charge >= 0.3 is 0 Å². The second kappa shape index (κ2) is 8.58. The summed E-state index contributed by atoms with van der Waals surface area (Å²) in [6, 6.07) is 1.08. The van der Waals surface area contributed by atoms with Crippen LogP contribution < -0.4 is 0 Å². The molecule has 0 aromatic carbocycles. The molecular weight excluding hydrogens is 176 g/mol. The Morgan fingerprint density at radius 1 is 1.27 bits per heavy atom. The van der Waals surface area contributed by atoms with Gasteiger partial charge in [-0.15, -0.1) is 0 Å². The topological polar surface area (TPSA) is 18.5 Å². The molecule has 0 bridgehead atoms. The van der Waals surface area contributed by atoms with Gasteiger partial charge in [0.05, 0.1) is 0 Å². The second-order valence-corrected chi connectivity index (χ2v) is 3.75. The summed E-state index contributed by atoms with van der Waals surface area (Å²) in [6.45, 7) is 5.42. The lowest BCUT2D eigenvalue weighted by Gasteiger charge is -2.15. The molecule has 0 aliphatic rings. The Morgan fingerprint density at radius 3 is 2.18 bits per heavy atom. The van der Waals surface area contributed by atoms with Gasteiger partial charge < -0.3 is 9.47 Å². The van der Waals surface area contributed by atoms with Crippen molar-refractivity contribution in [1.29, 1.82) is 0 Å². The fourth-order valence-electron chi connectivity index (χ4n) is 0.651. The second-order valence-electron chi connectivity index (χ2n) is 1.92. The number of hydrogen-bond acceptors (Lipinski definition) is 3. The fourth-order valence-corrected chi connectivity index (χ4v) is 1.97. The van der Waals surface area contributed by atoms with Crippen molar-refractivity contribution in [2.24, 2.45) is 0 Å². The molecule has 2 nitrogen and oxygen atoms in total. The first-order valence-electron chi connectivity index (χ1n) is 3.92. The van der Waals surface area contributed by atoms with E-state index in [2.05, 4.69) is 12.6 Å². The lowest BCUT2D eigenvalue weighted by Crippen LogP contribution is -2.24. The van der Waals surface area contributed by atoms with Crippen molar-refractivity contribution in [1.82, 2.24) is 0 Å². The van der Waals surface area contributed by atoms with E-state index in [9.17, 15) is 0 Å². The van der Waals surface area contributed by atoms with Crippen LogP contribution in [0.15, 0.2) is 0 Å². The van der Waals surface area contributed by atoms with E-state index < -0.39 is 0 Å². The molecule has 0 aromatic heterocycles. The molecule has 11 heavy (non-hydrogen) atoms. The smallest absolute Gasteiger partial charge is 0.137 e. The highest BCUT2D eigenvalue weighted by Crippen LogP contribution is 1.96. The Bertz CT molecular complexity index is 76.8. The molecule has 0 aliphatic carbocycles. The lowest BCUT2D eigenvalue weighted by atomic mass is 10.8. The van der Waals surface area contributed by atoms with Crippen molar-refractivity contribution < 1.29 is 9.47 Å². The van der Waals surface area contributed by atoms with Crippen LogP contribution in [0.25, 0.3) is 0 Å². The minimum atomic E-state index is 0.0112. The van der Waals surface area contributed by atoms with Crippen molar-refractivity contribution in [3.05, 3.63) is 0 Å². The van der Waals surface area contributed by atoms with Crippen molar-refractivity contribution in [3.63, 3.8) is 0 Å². The monoisotopic (exact) mass is 192 g/mol. The maximum absolute atomic E-state index is 5.34.